The van der Waals surface area contributed by atoms with Crippen LogP contribution in [0.15, 0.2) is 24.3 Å². The third-order valence-electron chi connectivity index (χ3n) is 3.47. The Morgan fingerprint density at radius 1 is 0.806 bits per heavy atom. The van der Waals surface area contributed by atoms with Gasteiger partial charge in [0.25, 0.3) is 0 Å². The minimum Gasteiger partial charge on any atom is -0.741 e. The molecule has 10 heteroatoms. The van der Waals surface area contributed by atoms with Crippen molar-refractivity contribution < 1.29 is 51.4 Å². The third kappa shape index (κ3) is 15.1. The van der Waals surface area contributed by atoms with E-state index in [1.165, 1.54) is 0 Å². The molecular weight excluding hydrogens is 543 g/mol. The van der Waals surface area contributed by atoms with Crippen LogP contribution in [0.5, 0.6) is 0 Å². The summed E-state index contributed by atoms with van der Waals surface area (Å²) in [5.41, 5.74) is -3.87. The third-order valence-corrected chi connectivity index (χ3v) is 8.06. The Hall–Kier alpha value is -0.408. The molecule has 0 N–H and O–H groups in total. The first-order chi connectivity index (χ1) is 12.9. The van der Waals surface area contributed by atoms with E-state index >= 15 is 0 Å². The Morgan fingerprint density at radius 3 is 1.19 bits per heavy atom. The maximum atomic E-state index is 10.7. The molecule has 0 bridgehead atoms. The van der Waals surface area contributed by atoms with Gasteiger partial charge in [-0.3, -0.25) is 0 Å². The van der Waals surface area contributed by atoms with Crippen LogP contribution >= 0.6 is 7.92 Å². The molecule has 1 rings (SSSR count). The predicted octanol–water partition coefficient (Wildman–Crippen LogP) is 6.37. The Bertz CT molecular complexity index is 725. The Labute approximate surface area is 200 Å². The zero-order valence-electron chi connectivity index (χ0n) is 19.7. The van der Waals surface area contributed by atoms with E-state index in [9.17, 15) is 18.0 Å². The van der Waals surface area contributed by atoms with Gasteiger partial charge in [0, 0.05) is 32.6 Å². The number of hydrogen-bond acceptors (Lipinski definition) is 4. The van der Waals surface area contributed by atoms with Gasteiger partial charge in [-0.05, 0) is 28.0 Å². The molecule has 0 atom stereocenters. The van der Waals surface area contributed by atoms with Crippen LogP contribution in [0.1, 0.15) is 73.4 Å². The molecule has 0 aliphatic rings. The summed E-state index contributed by atoms with van der Waals surface area (Å²) in [5.74, 6) is 0. The first-order valence-corrected chi connectivity index (χ1v) is 12.0. The zero-order valence-corrected chi connectivity index (χ0v) is 23.0. The summed E-state index contributed by atoms with van der Waals surface area (Å²) in [5, 5.41) is 1.35. The van der Waals surface area contributed by atoms with Crippen LogP contribution in [0.25, 0.3) is 0 Å². The van der Waals surface area contributed by atoms with E-state index in [4.69, 9.17) is 13.0 Å². The van der Waals surface area contributed by atoms with Gasteiger partial charge in [0.05, 0.1) is 12.1 Å². The normalized spacial score (nSPS) is 12.5. The second-order valence-corrected chi connectivity index (χ2v) is 15.8. The van der Waals surface area contributed by atoms with E-state index in [0.717, 1.165) is 5.56 Å². The van der Waals surface area contributed by atoms with Gasteiger partial charge in [0.1, 0.15) is 0 Å². The minimum atomic E-state index is -6.09. The van der Waals surface area contributed by atoms with Gasteiger partial charge in [0.2, 0.25) is 5.56 Å². The molecule has 0 amide bonds. The van der Waals surface area contributed by atoms with Gasteiger partial charge in [-0.15, -0.1) is 4.79 Å². The smallest absolute Gasteiger partial charge is 0.485 e. The summed E-state index contributed by atoms with van der Waals surface area (Å²) in [6, 6.07) is 7.28. The standard InChI is InChI=1S/C12H27P.C8H7O.CHF3O3S.Pd/c1-10(2,3)13(11(4,5)6)12(7,8)9;1-7-2-4-8(6-9)5-3-7;2-1(3,4)8(5,6)7;/h1-9H3;2-5H,1H3;(H,5,6,7);/q;+1;;/p-1. The summed E-state index contributed by atoms with van der Waals surface area (Å²) in [7, 11) is -6.07. The molecule has 0 saturated carbocycles. The number of rotatable bonds is 1. The van der Waals surface area contributed by atoms with Crippen molar-refractivity contribution in [1.29, 1.82) is 0 Å². The van der Waals surface area contributed by atoms with Gasteiger partial charge in [-0.2, -0.15) is 13.2 Å². The van der Waals surface area contributed by atoms with Crippen molar-refractivity contribution in [2.75, 3.05) is 0 Å². The fourth-order valence-corrected chi connectivity index (χ4v) is 9.68. The Balaban J connectivity index is -0.000000386. The fourth-order valence-electron chi connectivity index (χ4n) is 3.64. The molecule has 31 heavy (non-hydrogen) atoms. The van der Waals surface area contributed by atoms with E-state index in [-0.39, 0.29) is 28.3 Å². The van der Waals surface area contributed by atoms with Gasteiger partial charge in [-0.25, -0.2) is 8.42 Å². The van der Waals surface area contributed by atoms with Crippen molar-refractivity contribution in [3.8, 4) is 0 Å². The molecule has 1 aromatic carbocycles. The summed E-state index contributed by atoms with van der Waals surface area (Å²) in [6.45, 7) is 23.4. The first-order valence-electron chi connectivity index (χ1n) is 9.22. The molecule has 0 unspecified atom stereocenters. The average Bonchev–Trinajstić information content (AvgIpc) is 2.42. The van der Waals surface area contributed by atoms with Crippen molar-refractivity contribution in [3.63, 3.8) is 0 Å². The molecule has 0 radical (unpaired) electrons. The van der Waals surface area contributed by atoms with E-state index < -0.39 is 15.6 Å². The second kappa shape index (κ2) is 12.7. The largest absolute Gasteiger partial charge is 0.741 e. The predicted molar refractivity (Wildman–Crippen MR) is 118 cm³/mol. The molecule has 0 aromatic heterocycles. The maximum absolute atomic E-state index is 10.7. The van der Waals surface area contributed by atoms with Gasteiger partial charge in [0.15, 0.2) is 10.1 Å². The molecule has 1 aromatic rings. The SMILES string of the molecule is CC(C)(C)P(C(C)(C)C)C(C)(C)C.Cc1ccc([C+]=O)cc1.O=S(=O)([O-])C(F)(F)F.[Pd]. The number of halogens is 3. The van der Waals surface area contributed by atoms with E-state index in [1.807, 2.05) is 19.1 Å². The summed E-state index contributed by atoms with van der Waals surface area (Å²) >= 11 is 0. The van der Waals surface area contributed by atoms with E-state index in [1.54, 1.807) is 18.4 Å². The van der Waals surface area contributed by atoms with Crippen molar-refractivity contribution >= 4 is 24.3 Å². The summed E-state index contributed by atoms with van der Waals surface area (Å²) in [6.07, 6.45) is 1.80. The topological polar surface area (TPSA) is 74.3 Å². The maximum Gasteiger partial charge on any atom is 0.485 e. The molecular formula is C21H34F3O4PPdS. The van der Waals surface area contributed by atoms with Crippen molar-refractivity contribution in [1.82, 2.24) is 0 Å². The Kier molecular flexibility index (Phi) is 14.5. The van der Waals surface area contributed by atoms with Crippen molar-refractivity contribution in [2.24, 2.45) is 0 Å². The molecule has 0 aliphatic carbocycles. The van der Waals surface area contributed by atoms with Crippen LogP contribution in [-0.4, -0.2) is 40.2 Å². The van der Waals surface area contributed by atoms with Crippen LogP contribution in [0, 0.1) is 6.92 Å². The monoisotopic (exact) mass is 576 g/mol. The fraction of sp³-hybridized carbons (Fsp3) is 0.667. The number of alkyl halides is 3. The molecule has 0 spiro atoms. The van der Waals surface area contributed by atoms with E-state index in [2.05, 4.69) is 62.3 Å². The molecule has 0 fully saturated rings. The van der Waals surface area contributed by atoms with E-state index in [0.29, 0.717) is 21.0 Å². The summed E-state index contributed by atoms with van der Waals surface area (Å²) < 4.78 is 58.9. The molecule has 184 valence electrons. The number of carbonyl (C=O) groups excluding carboxylic acids is 1. The second-order valence-electron chi connectivity index (χ2n) is 9.72. The van der Waals surface area contributed by atoms with Crippen LogP contribution < -0.4 is 0 Å². The van der Waals surface area contributed by atoms with Crippen LogP contribution in [0.4, 0.5) is 13.2 Å². The van der Waals surface area contributed by atoms with Crippen LogP contribution in [-0.2, 0) is 35.3 Å². The minimum absolute atomic E-state index is 0. The van der Waals surface area contributed by atoms with Gasteiger partial charge in [-0.1, -0.05) is 70.2 Å². The van der Waals surface area contributed by atoms with Gasteiger partial charge >= 0.3 is 11.8 Å². The van der Waals surface area contributed by atoms with Crippen molar-refractivity contribution in [3.05, 3.63) is 35.4 Å². The first kappa shape index (κ1) is 35.2. The van der Waals surface area contributed by atoms with Gasteiger partial charge < -0.3 is 4.55 Å². The van der Waals surface area contributed by atoms with Crippen LogP contribution in [0.2, 0.25) is 0 Å². The quantitative estimate of drug-likeness (QED) is 0.128. The average molecular weight is 577 g/mol. The number of hydrogen-bond donors (Lipinski definition) is 0. The molecule has 0 saturated heterocycles. The molecule has 0 aliphatic heterocycles. The number of aryl methyl sites for hydroxylation is 1. The molecule has 4 nitrogen and oxygen atoms in total. The zero-order chi connectivity index (χ0) is 24.8. The summed E-state index contributed by atoms with van der Waals surface area (Å²) in [4.78, 5) is 9.99. The van der Waals surface area contributed by atoms with Crippen LogP contribution in [0.3, 0.4) is 0 Å². The Morgan fingerprint density at radius 2 is 1.06 bits per heavy atom. The molecule has 0 heterocycles. The van der Waals surface area contributed by atoms with Crippen molar-refractivity contribution in [2.45, 2.75) is 90.2 Å². The number of benzene rings is 1.